The van der Waals surface area contributed by atoms with Crippen molar-refractivity contribution >= 4 is 11.9 Å². The average Bonchev–Trinajstić information content (AvgIpc) is 3.21. The van der Waals surface area contributed by atoms with Gasteiger partial charge in [-0.05, 0) is 29.8 Å². The molecule has 0 amide bonds. The molecule has 0 fully saturated rings. The summed E-state index contributed by atoms with van der Waals surface area (Å²) < 4.78 is 22.9. The van der Waals surface area contributed by atoms with Crippen molar-refractivity contribution in [1.82, 2.24) is 9.78 Å². The van der Waals surface area contributed by atoms with Gasteiger partial charge in [0.2, 0.25) is 0 Å². The normalized spacial score (nSPS) is 10.9. The van der Waals surface area contributed by atoms with E-state index in [0.717, 1.165) is 5.56 Å². The summed E-state index contributed by atoms with van der Waals surface area (Å²) in [6.07, 6.45) is 4.58. The molecule has 1 N–H and O–H groups in total. The molecular weight excluding hydrogens is 400 g/mol. The van der Waals surface area contributed by atoms with Crippen molar-refractivity contribution in [1.29, 1.82) is 0 Å². The molecule has 162 valence electrons. The summed E-state index contributed by atoms with van der Waals surface area (Å²) in [5.74, 6) is 0.999. The van der Waals surface area contributed by atoms with Gasteiger partial charge in [-0.25, -0.2) is 0 Å². The van der Waals surface area contributed by atoms with Crippen molar-refractivity contribution in [3.63, 3.8) is 0 Å². The number of aromatic hydroxyl groups is 1. The van der Waals surface area contributed by atoms with Gasteiger partial charge in [-0.3, -0.25) is 9.48 Å². The van der Waals surface area contributed by atoms with Crippen LogP contribution in [0.1, 0.15) is 15.9 Å². The highest BCUT2D eigenvalue weighted by Crippen LogP contribution is 2.45. The predicted octanol–water partition coefficient (Wildman–Crippen LogP) is 3.72. The highest BCUT2D eigenvalue weighted by molar-refractivity contribution is 6.12. The van der Waals surface area contributed by atoms with E-state index in [1.165, 1.54) is 27.4 Å². The van der Waals surface area contributed by atoms with E-state index >= 15 is 0 Å². The number of hydrogen-bond acceptors (Lipinski definition) is 7. The Kier molecular flexibility index (Phi) is 6.49. The molecule has 1 heterocycles. The molecule has 3 rings (SSSR count). The van der Waals surface area contributed by atoms with Crippen molar-refractivity contribution < 1.29 is 28.8 Å². The maximum Gasteiger partial charge on any atom is 0.193 e. The zero-order chi connectivity index (χ0) is 22.5. The summed E-state index contributed by atoms with van der Waals surface area (Å²) in [5.41, 5.74) is 1.70. The summed E-state index contributed by atoms with van der Waals surface area (Å²) in [5, 5.41) is 15.2. The molecule has 3 aromatic rings. The Morgan fingerprint density at radius 3 is 2.19 bits per heavy atom. The number of benzene rings is 2. The Hall–Kier alpha value is -3.94. The number of carbonyl (C=O) groups excluding carboxylic acids is 1. The lowest BCUT2D eigenvalue weighted by Gasteiger charge is -2.16. The second-order valence-corrected chi connectivity index (χ2v) is 6.53. The molecule has 31 heavy (non-hydrogen) atoms. The van der Waals surface area contributed by atoms with Gasteiger partial charge in [0.25, 0.3) is 0 Å². The lowest BCUT2D eigenvalue weighted by atomic mass is 9.99. The summed E-state index contributed by atoms with van der Waals surface area (Å²) in [6, 6.07) is 8.57. The van der Waals surface area contributed by atoms with Gasteiger partial charge < -0.3 is 24.1 Å². The second-order valence-electron chi connectivity index (χ2n) is 6.53. The van der Waals surface area contributed by atoms with Crippen LogP contribution >= 0.6 is 0 Å². The third-order valence-corrected chi connectivity index (χ3v) is 4.83. The van der Waals surface area contributed by atoms with Gasteiger partial charge in [-0.1, -0.05) is 12.1 Å². The first-order valence-corrected chi connectivity index (χ1v) is 9.35. The average molecular weight is 424 g/mol. The third-order valence-electron chi connectivity index (χ3n) is 4.83. The van der Waals surface area contributed by atoms with Crippen LogP contribution in [0.2, 0.25) is 0 Å². The van der Waals surface area contributed by atoms with Gasteiger partial charge in [0, 0.05) is 19.3 Å². The maximum atomic E-state index is 13.1. The number of aryl methyl sites for hydroxylation is 1. The Labute approximate surface area is 180 Å². The van der Waals surface area contributed by atoms with Crippen LogP contribution in [0.15, 0.2) is 42.6 Å². The van der Waals surface area contributed by atoms with Gasteiger partial charge in [0.1, 0.15) is 22.8 Å². The first-order chi connectivity index (χ1) is 14.9. The highest BCUT2D eigenvalue weighted by atomic mass is 16.5. The molecule has 0 radical (unpaired) electrons. The standard InChI is InChI=1S/C23H24N2O6/c1-25-15(10-11-24-25)21-19(30-4)13-20(31-5)22(23(21)27)16(26)8-6-14-7-9-17(28-2)18(12-14)29-3/h6-13,27H,1-5H3/b8-6+. The Balaban J connectivity index is 2.06. The van der Waals surface area contributed by atoms with Crippen LogP contribution < -0.4 is 18.9 Å². The molecule has 0 spiro atoms. The molecule has 8 heteroatoms. The number of allylic oxidation sites excluding steroid dienone is 1. The number of carbonyl (C=O) groups is 1. The molecule has 0 saturated heterocycles. The number of rotatable bonds is 8. The molecule has 0 aliphatic carbocycles. The Bertz CT molecular complexity index is 1130. The summed E-state index contributed by atoms with van der Waals surface area (Å²) >= 11 is 0. The van der Waals surface area contributed by atoms with E-state index in [-0.39, 0.29) is 17.1 Å². The molecule has 2 aromatic carbocycles. The molecule has 0 atom stereocenters. The van der Waals surface area contributed by atoms with E-state index < -0.39 is 5.78 Å². The van der Waals surface area contributed by atoms with E-state index in [1.807, 2.05) is 0 Å². The highest BCUT2D eigenvalue weighted by Gasteiger charge is 2.25. The van der Waals surface area contributed by atoms with Gasteiger partial charge in [-0.2, -0.15) is 5.10 Å². The third kappa shape index (κ3) is 4.18. The number of ether oxygens (including phenoxy) is 4. The Morgan fingerprint density at radius 2 is 1.61 bits per heavy atom. The van der Waals surface area contributed by atoms with Crippen molar-refractivity contribution in [3.05, 3.63) is 53.7 Å². The van der Waals surface area contributed by atoms with Crippen LogP contribution in [0, 0.1) is 0 Å². The predicted molar refractivity (Wildman–Crippen MR) is 116 cm³/mol. The number of nitrogens with zero attached hydrogens (tertiary/aromatic N) is 2. The van der Waals surface area contributed by atoms with Crippen molar-refractivity contribution in [2.45, 2.75) is 0 Å². The SMILES string of the molecule is COc1ccc(/C=C/C(=O)c2c(OC)cc(OC)c(-c3ccnn3C)c2O)cc1OC. The van der Waals surface area contributed by atoms with Crippen molar-refractivity contribution in [2.24, 2.45) is 7.05 Å². The molecule has 0 aliphatic heterocycles. The van der Waals surface area contributed by atoms with Crippen LogP contribution in [0.4, 0.5) is 0 Å². The van der Waals surface area contributed by atoms with Gasteiger partial charge in [-0.15, -0.1) is 0 Å². The fraction of sp³-hybridized carbons (Fsp3) is 0.217. The van der Waals surface area contributed by atoms with Crippen molar-refractivity contribution in [3.8, 4) is 40.0 Å². The Morgan fingerprint density at radius 1 is 0.935 bits per heavy atom. The number of aromatic nitrogens is 2. The maximum absolute atomic E-state index is 13.1. The van der Waals surface area contributed by atoms with Gasteiger partial charge >= 0.3 is 0 Å². The minimum absolute atomic E-state index is 0.0243. The van der Waals surface area contributed by atoms with E-state index in [0.29, 0.717) is 28.5 Å². The molecule has 0 unspecified atom stereocenters. The molecule has 0 aliphatic rings. The lowest BCUT2D eigenvalue weighted by Crippen LogP contribution is -2.04. The molecule has 8 nitrogen and oxygen atoms in total. The van der Waals surface area contributed by atoms with E-state index in [2.05, 4.69) is 5.10 Å². The van der Waals surface area contributed by atoms with E-state index in [1.54, 1.807) is 61.4 Å². The van der Waals surface area contributed by atoms with Crippen LogP contribution in [-0.4, -0.2) is 49.1 Å². The number of hydrogen-bond donors (Lipinski definition) is 1. The number of phenols is 1. The van der Waals surface area contributed by atoms with E-state index in [9.17, 15) is 9.90 Å². The zero-order valence-corrected chi connectivity index (χ0v) is 18.0. The minimum atomic E-state index is -0.435. The molecular formula is C23H24N2O6. The fourth-order valence-corrected chi connectivity index (χ4v) is 3.26. The fourth-order valence-electron chi connectivity index (χ4n) is 3.26. The van der Waals surface area contributed by atoms with Gasteiger partial charge in [0.15, 0.2) is 17.3 Å². The van der Waals surface area contributed by atoms with E-state index in [4.69, 9.17) is 18.9 Å². The van der Waals surface area contributed by atoms with Gasteiger partial charge in [0.05, 0.1) is 39.7 Å². The topological polar surface area (TPSA) is 92.0 Å². The first kappa shape index (κ1) is 21.8. The first-order valence-electron chi connectivity index (χ1n) is 9.35. The minimum Gasteiger partial charge on any atom is -0.506 e. The van der Waals surface area contributed by atoms with Crippen LogP contribution in [0.3, 0.4) is 0 Å². The van der Waals surface area contributed by atoms with Crippen LogP contribution in [0.25, 0.3) is 17.3 Å². The number of methoxy groups -OCH3 is 4. The largest absolute Gasteiger partial charge is 0.506 e. The quantitative estimate of drug-likeness (QED) is 0.435. The lowest BCUT2D eigenvalue weighted by molar-refractivity contribution is 0.104. The molecule has 1 aromatic heterocycles. The molecule has 0 bridgehead atoms. The zero-order valence-electron chi connectivity index (χ0n) is 18.0. The van der Waals surface area contributed by atoms with Crippen LogP contribution in [0.5, 0.6) is 28.7 Å². The summed E-state index contributed by atoms with van der Waals surface area (Å²) in [6.45, 7) is 0. The smallest absolute Gasteiger partial charge is 0.193 e. The second kappa shape index (κ2) is 9.25. The van der Waals surface area contributed by atoms with Crippen molar-refractivity contribution in [2.75, 3.05) is 28.4 Å². The number of ketones is 1. The summed E-state index contributed by atoms with van der Waals surface area (Å²) in [7, 11) is 7.72. The summed E-state index contributed by atoms with van der Waals surface area (Å²) in [4.78, 5) is 13.1. The monoisotopic (exact) mass is 424 g/mol. The van der Waals surface area contributed by atoms with Crippen LogP contribution in [-0.2, 0) is 7.05 Å². The molecule has 0 saturated carbocycles. The number of phenolic OH excluding ortho intramolecular Hbond substituents is 1.